The molecule has 0 aliphatic rings. The van der Waals surface area contributed by atoms with Crippen LogP contribution in [0.15, 0.2) is 30.3 Å². The average Bonchev–Trinajstić information content (AvgIpc) is 2.14. The van der Waals surface area contributed by atoms with Gasteiger partial charge < -0.3 is 0 Å². The zero-order valence-corrected chi connectivity index (χ0v) is 12.0. The van der Waals surface area contributed by atoms with Crippen molar-refractivity contribution in [3.8, 4) is 0 Å². The van der Waals surface area contributed by atoms with E-state index in [1.807, 2.05) is 0 Å². The fourth-order valence-electron chi connectivity index (χ4n) is 1.01. The standard InChI is InChI=1S/C10H16P.F6P/c1-4-11(2,3)10-8-6-5-7-9-10;1-7(2,3,4,5)6/h5-9H,4H2,1-3H3;/q+1;-1. The van der Waals surface area contributed by atoms with Gasteiger partial charge in [-0.05, 0) is 19.1 Å². The Morgan fingerprint density at radius 3 is 1.50 bits per heavy atom. The van der Waals surface area contributed by atoms with Crippen molar-refractivity contribution >= 4 is 20.4 Å². The van der Waals surface area contributed by atoms with Crippen LogP contribution in [0.2, 0.25) is 0 Å². The summed E-state index contributed by atoms with van der Waals surface area (Å²) in [6.45, 7) is 7.06. The molecular weight excluding hydrogens is 296 g/mol. The van der Waals surface area contributed by atoms with Crippen LogP contribution in [0.5, 0.6) is 0 Å². The van der Waals surface area contributed by atoms with Gasteiger partial charge in [-0.3, -0.25) is 0 Å². The van der Waals surface area contributed by atoms with E-state index in [2.05, 4.69) is 50.6 Å². The van der Waals surface area contributed by atoms with Crippen LogP contribution in [0.1, 0.15) is 6.92 Å². The Morgan fingerprint density at radius 2 is 1.22 bits per heavy atom. The number of hydrogen-bond donors (Lipinski definition) is 0. The molecule has 8 heteroatoms. The molecule has 0 heterocycles. The van der Waals surface area contributed by atoms with Crippen molar-refractivity contribution in [2.75, 3.05) is 19.5 Å². The van der Waals surface area contributed by atoms with Crippen molar-refractivity contribution in [2.24, 2.45) is 0 Å². The number of rotatable bonds is 2. The van der Waals surface area contributed by atoms with Crippen molar-refractivity contribution in [1.29, 1.82) is 0 Å². The molecule has 0 radical (unpaired) electrons. The monoisotopic (exact) mass is 312 g/mol. The van der Waals surface area contributed by atoms with Crippen molar-refractivity contribution in [3.05, 3.63) is 30.3 Å². The van der Waals surface area contributed by atoms with Gasteiger partial charge in [0.25, 0.3) is 0 Å². The van der Waals surface area contributed by atoms with Crippen LogP contribution in [0.4, 0.5) is 25.2 Å². The van der Waals surface area contributed by atoms with Crippen LogP contribution in [0.25, 0.3) is 0 Å². The third-order valence-corrected chi connectivity index (χ3v) is 5.52. The second-order valence-electron chi connectivity index (χ2n) is 4.30. The molecule has 0 bridgehead atoms. The van der Waals surface area contributed by atoms with E-state index in [1.165, 1.54) is 6.16 Å². The topological polar surface area (TPSA) is 0 Å². The first-order valence-corrected chi connectivity index (χ1v) is 9.96. The van der Waals surface area contributed by atoms with E-state index in [4.69, 9.17) is 0 Å². The van der Waals surface area contributed by atoms with Gasteiger partial charge in [0.1, 0.15) is 0 Å². The second kappa shape index (κ2) is 4.64. The van der Waals surface area contributed by atoms with Crippen LogP contribution < -0.4 is 5.30 Å². The molecular formula is C10H16F6P2. The van der Waals surface area contributed by atoms with Crippen LogP contribution in [0.3, 0.4) is 0 Å². The van der Waals surface area contributed by atoms with E-state index < -0.39 is 15.1 Å². The van der Waals surface area contributed by atoms with E-state index in [-0.39, 0.29) is 0 Å². The Kier molecular flexibility index (Phi) is 4.56. The van der Waals surface area contributed by atoms with E-state index in [0.29, 0.717) is 0 Å². The summed E-state index contributed by atoms with van der Waals surface area (Å²) >= 11 is 0. The summed E-state index contributed by atoms with van der Waals surface area (Å²) in [6, 6.07) is 10.8. The van der Waals surface area contributed by atoms with Gasteiger partial charge in [0, 0.05) is 7.26 Å². The van der Waals surface area contributed by atoms with E-state index >= 15 is 0 Å². The molecule has 1 rings (SSSR count). The van der Waals surface area contributed by atoms with Gasteiger partial charge in [0.2, 0.25) is 0 Å². The van der Waals surface area contributed by atoms with Gasteiger partial charge in [0.05, 0.1) is 24.8 Å². The normalized spacial score (nSPS) is 16.1. The molecule has 0 atom stereocenters. The summed E-state index contributed by atoms with van der Waals surface area (Å²) in [4.78, 5) is 0. The first-order valence-electron chi connectivity index (χ1n) is 5.07. The van der Waals surface area contributed by atoms with Crippen LogP contribution in [-0.2, 0) is 0 Å². The van der Waals surface area contributed by atoms with Crippen molar-refractivity contribution in [2.45, 2.75) is 6.92 Å². The maximum absolute atomic E-state index is 10.7. The summed E-state index contributed by atoms with van der Waals surface area (Å²) in [5, 5.41) is 1.54. The molecule has 1 aromatic carbocycles. The Hall–Kier alpha value is -0.340. The first kappa shape index (κ1) is 17.7. The summed E-state index contributed by atoms with van der Waals surface area (Å²) in [6.07, 6.45) is 1.30. The van der Waals surface area contributed by atoms with E-state index in [0.717, 1.165) is 0 Å². The summed E-state index contributed by atoms with van der Waals surface area (Å²) in [5.74, 6) is 0. The third-order valence-electron chi connectivity index (χ3n) is 2.25. The minimum atomic E-state index is -10.7. The molecule has 0 nitrogen and oxygen atoms in total. The number of halogens is 6. The molecule has 0 aliphatic heterocycles. The van der Waals surface area contributed by atoms with Crippen LogP contribution in [-0.4, -0.2) is 19.5 Å². The van der Waals surface area contributed by atoms with Crippen LogP contribution in [0, 0.1) is 0 Å². The van der Waals surface area contributed by atoms with Crippen LogP contribution >= 0.6 is 15.1 Å². The fraction of sp³-hybridized carbons (Fsp3) is 0.400. The molecule has 0 aromatic heterocycles. The van der Waals surface area contributed by atoms with Gasteiger partial charge in [0.15, 0.2) is 0 Å². The van der Waals surface area contributed by atoms with Crippen molar-refractivity contribution in [3.63, 3.8) is 0 Å². The molecule has 0 fully saturated rings. The molecule has 0 saturated heterocycles. The predicted molar refractivity (Wildman–Crippen MR) is 69.0 cm³/mol. The Labute approximate surface area is 103 Å². The SMILES string of the molecule is CC[P+](C)(C)c1ccccc1.F[P-](F)(F)(F)(F)F. The third kappa shape index (κ3) is 12.1. The summed E-state index contributed by atoms with van der Waals surface area (Å²) < 4.78 is 59.2. The summed E-state index contributed by atoms with van der Waals surface area (Å²) in [7, 11) is -11.4. The van der Waals surface area contributed by atoms with Crippen molar-refractivity contribution < 1.29 is 25.2 Å². The predicted octanol–water partition coefficient (Wildman–Crippen LogP) is 5.99. The molecule has 0 spiro atoms. The molecule has 1 aromatic rings. The molecule has 0 N–H and O–H groups in total. The molecule has 0 saturated carbocycles. The Morgan fingerprint density at radius 1 is 0.889 bits per heavy atom. The quantitative estimate of drug-likeness (QED) is 0.465. The van der Waals surface area contributed by atoms with Gasteiger partial charge in [-0.25, -0.2) is 0 Å². The van der Waals surface area contributed by atoms with Gasteiger partial charge in [-0.15, -0.1) is 0 Å². The second-order valence-corrected chi connectivity index (χ2v) is 10.7. The molecule has 0 unspecified atom stereocenters. The Balaban J connectivity index is 0.000000360. The number of benzene rings is 1. The molecule has 108 valence electrons. The average molecular weight is 312 g/mol. The zero-order valence-electron chi connectivity index (χ0n) is 10.3. The first-order chi connectivity index (χ1) is 7.62. The molecule has 0 amide bonds. The molecule has 0 aliphatic carbocycles. The van der Waals surface area contributed by atoms with Gasteiger partial charge in [-0.1, -0.05) is 18.2 Å². The zero-order chi connectivity index (χ0) is 14.7. The van der Waals surface area contributed by atoms with Crippen molar-refractivity contribution in [1.82, 2.24) is 0 Å². The fourth-order valence-corrected chi connectivity index (χ4v) is 2.36. The maximum atomic E-state index is 9.87. The summed E-state index contributed by atoms with van der Waals surface area (Å²) in [5.41, 5.74) is 0. The Bertz CT molecular complexity index is 369. The minimum absolute atomic E-state index is 0.776. The van der Waals surface area contributed by atoms with Gasteiger partial charge in [-0.2, -0.15) is 0 Å². The molecule has 18 heavy (non-hydrogen) atoms. The van der Waals surface area contributed by atoms with E-state index in [9.17, 15) is 25.2 Å². The van der Waals surface area contributed by atoms with E-state index in [1.54, 1.807) is 5.30 Å². The van der Waals surface area contributed by atoms with Gasteiger partial charge >= 0.3 is 33.0 Å². The number of hydrogen-bond acceptors (Lipinski definition) is 0.